The van der Waals surface area contributed by atoms with E-state index in [0.29, 0.717) is 48.0 Å². The van der Waals surface area contributed by atoms with Crippen molar-refractivity contribution >= 4 is 35.4 Å². The molecule has 0 saturated carbocycles. The molecular formula is C26H35N7O4. The van der Waals surface area contributed by atoms with E-state index >= 15 is 0 Å². The van der Waals surface area contributed by atoms with Gasteiger partial charge in [-0.3, -0.25) is 9.59 Å². The quantitative estimate of drug-likeness (QED) is 0.228. The fourth-order valence-corrected chi connectivity index (χ4v) is 2.85. The van der Waals surface area contributed by atoms with Gasteiger partial charge < -0.3 is 31.7 Å². The molecule has 0 bridgehead atoms. The highest BCUT2D eigenvalue weighted by molar-refractivity contribution is 5.93. The van der Waals surface area contributed by atoms with E-state index in [1.54, 1.807) is 51.2 Å². The van der Waals surface area contributed by atoms with Crippen LogP contribution in [0.3, 0.4) is 0 Å². The lowest BCUT2D eigenvalue weighted by Gasteiger charge is -2.19. The van der Waals surface area contributed by atoms with Gasteiger partial charge in [-0.05, 0) is 57.9 Å². The molecule has 11 heteroatoms. The molecule has 3 amide bonds. The maximum absolute atomic E-state index is 11.9. The molecule has 0 aliphatic rings. The SMILES string of the molecule is CCCNc1nc(Nc2ccc(C(N)=O)cc2)ncc1C#CCCCNC(=O)CNC(=O)OC(C)(C)C. The zero-order valence-corrected chi connectivity index (χ0v) is 21.7. The number of alkyl carbamates (subject to hydrolysis) is 1. The van der Waals surface area contributed by atoms with Crippen LogP contribution in [0.1, 0.15) is 62.9 Å². The molecular weight excluding hydrogens is 474 g/mol. The molecule has 0 atom stereocenters. The van der Waals surface area contributed by atoms with E-state index < -0.39 is 17.6 Å². The van der Waals surface area contributed by atoms with Crippen LogP contribution in [0.15, 0.2) is 30.5 Å². The third-order valence-corrected chi connectivity index (χ3v) is 4.57. The first-order valence-corrected chi connectivity index (χ1v) is 12.1. The fourth-order valence-electron chi connectivity index (χ4n) is 2.85. The number of unbranched alkanes of at least 4 members (excludes halogenated alkanes) is 1. The molecule has 0 spiro atoms. The number of ether oxygens (including phenoxy) is 1. The molecule has 0 fully saturated rings. The van der Waals surface area contributed by atoms with Gasteiger partial charge in [0.2, 0.25) is 17.8 Å². The zero-order valence-electron chi connectivity index (χ0n) is 21.7. The van der Waals surface area contributed by atoms with E-state index in [4.69, 9.17) is 10.5 Å². The number of nitrogens with one attached hydrogen (secondary N) is 4. The van der Waals surface area contributed by atoms with Crippen molar-refractivity contribution in [3.63, 3.8) is 0 Å². The second-order valence-electron chi connectivity index (χ2n) is 9.06. The summed E-state index contributed by atoms with van der Waals surface area (Å²) in [5.74, 6) is 6.37. The number of nitrogens with two attached hydrogens (primary N) is 1. The molecule has 6 N–H and O–H groups in total. The van der Waals surface area contributed by atoms with Gasteiger partial charge in [0.05, 0.1) is 18.3 Å². The van der Waals surface area contributed by atoms with Crippen molar-refractivity contribution in [2.24, 2.45) is 5.73 Å². The molecule has 11 nitrogen and oxygen atoms in total. The predicted molar refractivity (Wildman–Crippen MR) is 142 cm³/mol. The van der Waals surface area contributed by atoms with E-state index in [2.05, 4.69) is 50.0 Å². The number of amides is 3. The summed E-state index contributed by atoms with van der Waals surface area (Å²) < 4.78 is 5.09. The van der Waals surface area contributed by atoms with Crippen LogP contribution >= 0.6 is 0 Å². The van der Waals surface area contributed by atoms with Crippen LogP contribution in [0.25, 0.3) is 0 Å². The second kappa shape index (κ2) is 14.3. The molecule has 198 valence electrons. The standard InChI is InChI=1S/C26H35N7O4/c1-5-14-29-23-19(16-30-24(33-23)32-20-12-10-18(11-13-20)22(27)35)9-7-6-8-15-28-21(34)17-31-25(36)37-26(2,3)4/h10-13,16H,5-6,8,14-15,17H2,1-4H3,(H2,27,35)(H,28,34)(H,31,36)(H2,29,30,32,33). The minimum absolute atomic E-state index is 0.153. The summed E-state index contributed by atoms with van der Waals surface area (Å²) in [6.07, 6.45) is 3.12. The highest BCUT2D eigenvalue weighted by Crippen LogP contribution is 2.18. The van der Waals surface area contributed by atoms with E-state index in [1.165, 1.54) is 0 Å². The number of hydrogen-bond acceptors (Lipinski definition) is 8. The number of benzene rings is 1. The van der Waals surface area contributed by atoms with Crippen LogP contribution in [-0.4, -0.2) is 53.1 Å². The Balaban J connectivity index is 1.86. The van der Waals surface area contributed by atoms with Crippen LogP contribution < -0.4 is 27.0 Å². The molecule has 0 unspecified atom stereocenters. The molecule has 1 aromatic heterocycles. The minimum Gasteiger partial charge on any atom is -0.444 e. The summed E-state index contributed by atoms with van der Waals surface area (Å²) in [6.45, 7) is 8.31. The Hall–Kier alpha value is -4.33. The third kappa shape index (κ3) is 11.3. The summed E-state index contributed by atoms with van der Waals surface area (Å²) in [7, 11) is 0. The van der Waals surface area contributed by atoms with Gasteiger partial charge in [0.15, 0.2) is 0 Å². The Morgan fingerprint density at radius 1 is 1.08 bits per heavy atom. The van der Waals surface area contributed by atoms with Crippen LogP contribution in [0.2, 0.25) is 0 Å². The summed E-state index contributed by atoms with van der Waals surface area (Å²) in [6, 6.07) is 6.70. The van der Waals surface area contributed by atoms with Crippen molar-refractivity contribution in [2.75, 3.05) is 30.3 Å². The number of carbonyl (C=O) groups excluding carboxylic acids is 3. The molecule has 0 aliphatic heterocycles. The lowest BCUT2D eigenvalue weighted by molar-refractivity contribution is -0.120. The van der Waals surface area contributed by atoms with Crippen molar-refractivity contribution in [3.05, 3.63) is 41.6 Å². The van der Waals surface area contributed by atoms with Gasteiger partial charge in [-0.2, -0.15) is 4.98 Å². The Kier molecular flexibility index (Phi) is 11.2. The van der Waals surface area contributed by atoms with Crippen LogP contribution in [-0.2, 0) is 9.53 Å². The van der Waals surface area contributed by atoms with Gasteiger partial charge in [-0.1, -0.05) is 18.8 Å². The zero-order chi connectivity index (χ0) is 27.3. The highest BCUT2D eigenvalue weighted by Gasteiger charge is 2.16. The molecule has 0 saturated heterocycles. The first kappa shape index (κ1) is 28.9. The molecule has 2 rings (SSSR count). The van der Waals surface area contributed by atoms with Gasteiger partial charge in [0.1, 0.15) is 11.4 Å². The van der Waals surface area contributed by atoms with Crippen molar-refractivity contribution < 1.29 is 19.1 Å². The molecule has 37 heavy (non-hydrogen) atoms. The minimum atomic E-state index is -0.634. The Labute approximate surface area is 217 Å². The van der Waals surface area contributed by atoms with Crippen LogP contribution in [0.5, 0.6) is 0 Å². The van der Waals surface area contributed by atoms with Gasteiger partial charge in [-0.15, -0.1) is 0 Å². The fraction of sp³-hybridized carbons (Fsp3) is 0.423. The third-order valence-electron chi connectivity index (χ3n) is 4.57. The highest BCUT2D eigenvalue weighted by atomic mass is 16.6. The van der Waals surface area contributed by atoms with Gasteiger partial charge in [0, 0.05) is 30.8 Å². The van der Waals surface area contributed by atoms with Crippen molar-refractivity contribution in [2.45, 2.75) is 52.6 Å². The number of carbonyl (C=O) groups is 3. The number of primary amides is 1. The van der Waals surface area contributed by atoms with E-state index in [-0.39, 0.29) is 12.5 Å². The Bertz CT molecular complexity index is 1130. The molecule has 0 radical (unpaired) electrons. The number of anilines is 3. The Morgan fingerprint density at radius 3 is 2.46 bits per heavy atom. The topological polar surface area (TPSA) is 160 Å². The van der Waals surface area contributed by atoms with E-state index in [9.17, 15) is 14.4 Å². The van der Waals surface area contributed by atoms with Crippen LogP contribution in [0, 0.1) is 11.8 Å². The van der Waals surface area contributed by atoms with E-state index in [1.807, 2.05) is 0 Å². The van der Waals surface area contributed by atoms with Gasteiger partial charge in [-0.25, -0.2) is 9.78 Å². The second-order valence-corrected chi connectivity index (χ2v) is 9.06. The van der Waals surface area contributed by atoms with Gasteiger partial charge in [0.25, 0.3) is 0 Å². The maximum Gasteiger partial charge on any atom is 0.408 e. The average Bonchev–Trinajstić information content (AvgIpc) is 2.83. The number of nitrogens with zero attached hydrogens (tertiary/aromatic N) is 2. The maximum atomic E-state index is 11.9. The average molecular weight is 510 g/mol. The summed E-state index contributed by atoms with van der Waals surface area (Å²) in [5, 5.41) is 11.5. The van der Waals surface area contributed by atoms with Crippen LogP contribution in [0.4, 0.5) is 22.2 Å². The van der Waals surface area contributed by atoms with Gasteiger partial charge >= 0.3 is 6.09 Å². The van der Waals surface area contributed by atoms with E-state index in [0.717, 1.165) is 13.0 Å². The number of rotatable bonds is 11. The molecule has 1 heterocycles. The normalized spacial score (nSPS) is 10.5. The molecule has 2 aromatic rings. The first-order chi connectivity index (χ1) is 17.6. The molecule has 1 aromatic carbocycles. The number of aromatic nitrogens is 2. The smallest absolute Gasteiger partial charge is 0.408 e. The lowest BCUT2D eigenvalue weighted by atomic mass is 10.2. The van der Waals surface area contributed by atoms with Crippen molar-refractivity contribution in [1.82, 2.24) is 20.6 Å². The summed E-state index contributed by atoms with van der Waals surface area (Å²) in [4.78, 5) is 43.5. The first-order valence-electron chi connectivity index (χ1n) is 12.1. The summed E-state index contributed by atoms with van der Waals surface area (Å²) >= 11 is 0. The Morgan fingerprint density at radius 2 is 1.81 bits per heavy atom. The largest absolute Gasteiger partial charge is 0.444 e. The lowest BCUT2D eigenvalue weighted by Crippen LogP contribution is -2.39. The molecule has 0 aliphatic carbocycles. The predicted octanol–water partition coefficient (Wildman–Crippen LogP) is 2.91. The van der Waals surface area contributed by atoms with Crippen molar-refractivity contribution in [3.8, 4) is 11.8 Å². The van der Waals surface area contributed by atoms with Crippen molar-refractivity contribution in [1.29, 1.82) is 0 Å². The summed E-state index contributed by atoms with van der Waals surface area (Å²) in [5.41, 5.74) is 6.45. The number of hydrogen-bond donors (Lipinski definition) is 5. The monoisotopic (exact) mass is 509 g/mol.